The molecule has 0 atom stereocenters. The maximum atomic E-state index is 2.49. The molecule has 0 rings (SSSR count). The molecule has 0 unspecified atom stereocenters. The first-order chi connectivity index (χ1) is 4.24. The van der Waals surface area contributed by atoms with E-state index in [1.807, 2.05) is 0 Å². The lowest BCUT2D eigenvalue weighted by Crippen LogP contribution is -2.28. The van der Waals surface area contributed by atoms with Crippen LogP contribution in [0.1, 0.15) is 0 Å². The molecule has 0 aliphatic carbocycles. The standard InChI is InChI=1S/C5H8I4/c6-1-5(2-7,3-8)4-9/h1-4H2. The lowest BCUT2D eigenvalue weighted by molar-refractivity contribution is 0.553. The third-order valence-electron chi connectivity index (χ3n) is 1.13. The van der Waals surface area contributed by atoms with Crippen LogP contribution in [0.25, 0.3) is 0 Å². The minimum atomic E-state index is 0.613. The van der Waals surface area contributed by atoms with Crippen molar-refractivity contribution in [1.82, 2.24) is 0 Å². The zero-order chi connectivity index (χ0) is 7.33. The van der Waals surface area contributed by atoms with Crippen LogP contribution in [0.4, 0.5) is 0 Å². The Morgan fingerprint density at radius 3 is 0.889 bits per heavy atom. The van der Waals surface area contributed by atoms with Gasteiger partial charge in [-0.1, -0.05) is 90.4 Å². The van der Waals surface area contributed by atoms with Crippen molar-refractivity contribution in [2.24, 2.45) is 5.41 Å². The molecular formula is C5H8I4. The van der Waals surface area contributed by atoms with E-state index in [-0.39, 0.29) is 0 Å². The Labute approximate surface area is 111 Å². The van der Waals surface area contributed by atoms with E-state index in [0.29, 0.717) is 5.41 Å². The summed E-state index contributed by atoms with van der Waals surface area (Å²) in [5.74, 6) is 0. The molecule has 0 radical (unpaired) electrons. The molecule has 0 aromatic rings. The summed E-state index contributed by atoms with van der Waals surface area (Å²) in [5.41, 5.74) is 0.613. The predicted octanol–water partition coefficient (Wildman–Crippen LogP) is 3.71. The first-order valence-electron chi connectivity index (χ1n) is 2.48. The van der Waals surface area contributed by atoms with Crippen LogP contribution in [0, 0.1) is 5.41 Å². The minimum absolute atomic E-state index is 0.613. The molecule has 0 aliphatic heterocycles. The van der Waals surface area contributed by atoms with E-state index in [1.165, 1.54) is 17.7 Å². The maximum absolute atomic E-state index is 2.49. The molecule has 0 aromatic heterocycles. The summed E-state index contributed by atoms with van der Waals surface area (Å²) in [4.78, 5) is 0. The lowest BCUT2D eigenvalue weighted by Gasteiger charge is -2.24. The summed E-state index contributed by atoms with van der Waals surface area (Å²) in [7, 11) is 0. The zero-order valence-corrected chi connectivity index (χ0v) is 13.5. The van der Waals surface area contributed by atoms with Crippen molar-refractivity contribution < 1.29 is 0 Å². The maximum Gasteiger partial charge on any atom is 0.00740 e. The van der Waals surface area contributed by atoms with Gasteiger partial charge in [-0.25, -0.2) is 0 Å². The van der Waals surface area contributed by atoms with Gasteiger partial charge >= 0.3 is 0 Å². The fourth-order valence-electron chi connectivity index (χ4n) is 0.214. The molecule has 0 saturated carbocycles. The van der Waals surface area contributed by atoms with Crippen molar-refractivity contribution in [2.75, 3.05) is 17.7 Å². The summed E-state index contributed by atoms with van der Waals surface area (Å²) in [5, 5.41) is 0. The highest BCUT2D eigenvalue weighted by molar-refractivity contribution is 14.1. The predicted molar refractivity (Wildman–Crippen MR) is 78.0 cm³/mol. The van der Waals surface area contributed by atoms with Crippen molar-refractivity contribution in [1.29, 1.82) is 0 Å². The van der Waals surface area contributed by atoms with E-state index in [0.717, 1.165) is 0 Å². The summed E-state index contributed by atoms with van der Waals surface area (Å²) < 4.78 is 5.16. The van der Waals surface area contributed by atoms with Gasteiger partial charge in [0.1, 0.15) is 0 Å². The fraction of sp³-hybridized carbons (Fsp3) is 1.00. The van der Waals surface area contributed by atoms with Crippen molar-refractivity contribution in [3.8, 4) is 0 Å². The first kappa shape index (κ1) is 11.9. The molecule has 0 amide bonds. The van der Waals surface area contributed by atoms with Crippen molar-refractivity contribution >= 4 is 90.4 Å². The molecule has 56 valence electrons. The second-order valence-electron chi connectivity index (χ2n) is 2.03. The third-order valence-corrected chi connectivity index (χ3v) is 7.61. The highest BCUT2D eigenvalue weighted by Crippen LogP contribution is 2.28. The average Bonchev–Trinajstić information content (AvgIpc) is 1.95. The molecule has 0 nitrogen and oxygen atoms in total. The molecule has 9 heavy (non-hydrogen) atoms. The van der Waals surface area contributed by atoms with Gasteiger partial charge in [0.05, 0.1) is 0 Å². The average molecular weight is 576 g/mol. The largest absolute Gasteiger partial charge is 0.0857 e. The van der Waals surface area contributed by atoms with Crippen LogP contribution >= 0.6 is 90.4 Å². The fourth-order valence-corrected chi connectivity index (χ4v) is 9.64. The van der Waals surface area contributed by atoms with Crippen molar-refractivity contribution in [3.05, 3.63) is 0 Å². The molecule has 0 aromatic carbocycles. The van der Waals surface area contributed by atoms with Gasteiger partial charge in [0, 0.05) is 23.1 Å². The normalized spacial score (nSPS) is 12.0. The zero-order valence-electron chi connectivity index (χ0n) is 4.84. The van der Waals surface area contributed by atoms with Crippen LogP contribution in [0.5, 0.6) is 0 Å². The number of halogens is 4. The highest BCUT2D eigenvalue weighted by Gasteiger charge is 2.24. The lowest BCUT2D eigenvalue weighted by atomic mass is 10.0. The number of hydrogen-bond acceptors (Lipinski definition) is 0. The molecule has 4 heteroatoms. The van der Waals surface area contributed by atoms with Gasteiger partial charge < -0.3 is 0 Å². The third kappa shape index (κ3) is 3.90. The van der Waals surface area contributed by atoms with Crippen molar-refractivity contribution in [3.63, 3.8) is 0 Å². The van der Waals surface area contributed by atoms with Gasteiger partial charge in [0.15, 0.2) is 0 Å². The van der Waals surface area contributed by atoms with Gasteiger partial charge in [-0.2, -0.15) is 0 Å². The van der Waals surface area contributed by atoms with Crippen LogP contribution in [0.15, 0.2) is 0 Å². The highest BCUT2D eigenvalue weighted by atomic mass is 127. The first-order valence-corrected chi connectivity index (χ1v) is 8.59. The summed E-state index contributed by atoms with van der Waals surface area (Å²) in [6.07, 6.45) is 0. The van der Waals surface area contributed by atoms with Gasteiger partial charge in [-0.15, -0.1) is 0 Å². The van der Waals surface area contributed by atoms with E-state index in [2.05, 4.69) is 90.4 Å². The number of rotatable bonds is 4. The summed E-state index contributed by atoms with van der Waals surface area (Å²) in [6.45, 7) is 0. The van der Waals surface area contributed by atoms with Crippen molar-refractivity contribution in [2.45, 2.75) is 0 Å². The smallest absolute Gasteiger partial charge is 0.00740 e. The van der Waals surface area contributed by atoms with Gasteiger partial charge in [-0.3, -0.25) is 0 Å². The van der Waals surface area contributed by atoms with Gasteiger partial charge in [-0.05, 0) is 0 Å². The molecule has 0 fully saturated rings. The van der Waals surface area contributed by atoms with Gasteiger partial charge in [0.2, 0.25) is 0 Å². The molecule has 0 aliphatic rings. The second kappa shape index (κ2) is 6.44. The summed E-state index contributed by atoms with van der Waals surface area (Å²) in [6, 6.07) is 0. The Hall–Kier alpha value is 2.92. The number of hydrogen-bond donors (Lipinski definition) is 0. The minimum Gasteiger partial charge on any atom is -0.0857 e. The number of alkyl halides is 4. The monoisotopic (exact) mass is 576 g/mol. The van der Waals surface area contributed by atoms with Crippen LogP contribution in [-0.2, 0) is 0 Å². The Balaban J connectivity index is 3.82. The quantitative estimate of drug-likeness (QED) is 0.354. The SMILES string of the molecule is ICC(CI)(CI)CI. The van der Waals surface area contributed by atoms with E-state index in [4.69, 9.17) is 0 Å². The second-order valence-corrected chi connectivity index (χ2v) is 5.09. The van der Waals surface area contributed by atoms with Gasteiger partial charge in [0.25, 0.3) is 0 Å². The Morgan fingerprint density at radius 1 is 0.667 bits per heavy atom. The molecular weight excluding hydrogens is 568 g/mol. The Kier molecular flexibility index (Phi) is 8.53. The molecule has 0 N–H and O–H groups in total. The van der Waals surface area contributed by atoms with E-state index in [9.17, 15) is 0 Å². The molecule has 0 heterocycles. The van der Waals surface area contributed by atoms with E-state index >= 15 is 0 Å². The topological polar surface area (TPSA) is 0 Å². The van der Waals surface area contributed by atoms with Crippen LogP contribution in [0.2, 0.25) is 0 Å². The van der Waals surface area contributed by atoms with Crippen LogP contribution < -0.4 is 0 Å². The van der Waals surface area contributed by atoms with E-state index < -0.39 is 0 Å². The van der Waals surface area contributed by atoms with Crippen LogP contribution in [-0.4, -0.2) is 17.7 Å². The molecule has 0 bridgehead atoms. The van der Waals surface area contributed by atoms with Crippen LogP contribution in [0.3, 0.4) is 0 Å². The van der Waals surface area contributed by atoms with E-state index in [1.54, 1.807) is 0 Å². The Morgan fingerprint density at radius 2 is 0.889 bits per heavy atom. The Bertz CT molecular complexity index is 51.8. The molecule has 0 saturated heterocycles. The summed E-state index contributed by atoms with van der Waals surface area (Å²) >= 11 is 9.95. The molecule has 0 spiro atoms.